The number of likely N-dealkylation sites (tertiary alicyclic amines) is 1. The lowest BCUT2D eigenvalue weighted by Gasteiger charge is -2.32. The van der Waals surface area contributed by atoms with Crippen molar-refractivity contribution in [2.75, 3.05) is 33.3 Å². The summed E-state index contributed by atoms with van der Waals surface area (Å²) in [5, 5.41) is 3.37. The number of rotatable bonds is 5. The van der Waals surface area contributed by atoms with E-state index in [1.807, 2.05) is 12.1 Å². The molecule has 1 unspecified atom stereocenters. The van der Waals surface area contributed by atoms with E-state index in [0.717, 1.165) is 25.4 Å². The van der Waals surface area contributed by atoms with E-state index < -0.39 is 0 Å². The Balaban J connectivity index is 1.72. The van der Waals surface area contributed by atoms with Crippen LogP contribution in [-0.4, -0.2) is 44.2 Å². The molecule has 3 heteroatoms. The molecule has 0 bridgehead atoms. The van der Waals surface area contributed by atoms with Crippen molar-refractivity contribution >= 4 is 0 Å². The van der Waals surface area contributed by atoms with Crippen molar-refractivity contribution in [1.82, 2.24) is 10.2 Å². The third-order valence-electron chi connectivity index (χ3n) is 3.58. The summed E-state index contributed by atoms with van der Waals surface area (Å²) in [7, 11) is 2.05. The molecule has 1 aromatic rings. The number of nitrogens with one attached hydrogen (secondary N) is 1. The third kappa shape index (κ3) is 4.00. The second-order valence-electron chi connectivity index (χ2n) is 5.09. The average molecular weight is 248 g/mol. The van der Waals surface area contributed by atoms with Gasteiger partial charge in [-0.25, -0.2) is 0 Å². The smallest absolute Gasteiger partial charge is 0.119 e. The average Bonchev–Trinajstić information content (AvgIpc) is 2.39. The SMILES string of the molecule is CNC1CCCN(CCOc2cccc(C)c2)C1. The number of likely N-dealkylation sites (N-methyl/N-ethyl adjacent to an activating group) is 1. The van der Waals surface area contributed by atoms with Gasteiger partial charge in [0.15, 0.2) is 0 Å². The minimum absolute atomic E-state index is 0.651. The molecule has 1 aliphatic heterocycles. The first-order valence-corrected chi connectivity index (χ1v) is 6.87. The lowest BCUT2D eigenvalue weighted by molar-refractivity contribution is 0.162. The summed E-state index contributed by atoms with van der Waals surface area (Å²) in [6, 6.07) is 8.90. The largest absolute Gasteiger partial charge is 0.492 e. The lowest BCUT2D eigenvalue weighted by Crippen LogP contribution is -2.45. The first-order valence-electron chi connectivity index (χ1n) is 6.87. The first kappa shape index (κ1) is 13.4. The summed E-state index contributed by atoms with van der Waals surface area (Å²) in [5.74, 6) is 0.983. The minimum Gasteiger partial charge on any atom is -0.492 e. The molecular formula is C15H24N2O. The Morgan fingerprint density at radius 3 is 3.11 bits per heavy atom. The molecule has 0 aromatic heterocycles. The van der Waals surface area contributed by atoms with Crippen LogP contribution in [0.15, 0.2) is 24.3 Å². The predicted octanol–water partition coefficient (Wildman–Crippen LogP) is 2.06. The monoisotopic (exact) mass is 248 g/mol. The molecule has 1 heterocycles. The standard InChI is InChI=1S/C15H24N2O/c1-13-5-3-7-15(11-13)18-10-9-17-8-4-6-14(12-17)16-2/h3,5,7,11,14,16H,4,6,8-10,12H2,1-2H3. The maximum atomic E-state index is 5.80. The summed E-state index contributed by atoms with van der Waals surface area (Å²) < 4.78 is 5.80. The Labute approximate surface area is 110 Å². The molecule has 1 N–H and O–H groups in total. The maximum Gasteiger partial charge on any atom is 0.119 e. The Bertz CT molecular complexity index is 367. The van der Waals surface area contributed by atoms with Crippen molar-refractivity contribution in [2.45, 2.75) is 25.8 Å². The second-order valence-corrected chi connectivity index (χ2v) is 5.09. The van der Waals surface area contributed by atoms with Gasteiger partial charge in [0.25, 0.3) is 0 Å². The molecule has 2 rings (SSSR count). The summed E-state index contributed by atoms with van der Waals surface area (Å²) in [6.07, 6.45) is 2.59. The first-order chi connectivity index (χ1) is 8.78. The highest BCUT2D eigenvalue weighted by Gasteiger charge is 2.17. The Morgan fingerprint density at radius 2 is 2.33 bits per heavy atom. The van der Waals surface area contributed by atoms with Crippen LogP contribution in [0.3, 0.4) is 0 Å². The maximum absolute atomic E-state index is 5.80. The molecular weight excluding hydrogens is 224 g/mol. The molecule has 3 nitrogen and oxygen atoms in total. The zero-order valence-corrected chi connectivity index (χ0v) is 11.5. The van der Waals surface area contributed by atoms with Crippen LogP contribution < -0.4 is 10.1 Å². The summed E-state index contributed by atoms with van der Waals surface area (Å²) in [6.45, 7) is 6.24. The van der Waals surface area contributed by atoms with Crippen molar-refractivity contribution < 1.29 is 4.74 Å². The summed E-state index contributed by atoms with van der Waals surface area (Å²) in [5.41, 5.74) is 1.25. The Morgan fingerprint density at radius 1 is 1.44 bits per heavy atom. The topological polar surface area (TPSA) is 24.5 Å². The van der Waals surface area contributed by atoms with Gasteiger partial charge >= 0.3 is 0 Å². The number of hydrogen-bond donors (Lipinski definition) is 1. The van der Waals surface area contributed by atoms with Gasteiger partial charge in [-0.1, -0.05) is 12.1 Å². The Kier molecular flexibility index (Phi) is 5.02. The quantitative estimate of drug-likeness (QED) is 0.863. The normalized spacial score (nSPS) is 20.9. The van der Waals surface area contributed by atoms with Gasteiger partial charge in [-0.15, -0.1) is 0 Å². The second kappa shape index (κ2) is 6.76. The molecule has 1 saturated heterocycles. The van der Waals surface area contributed by atoms with Crippen LogP contribution >= 0.6 is 0 Å². The predicted molar refractivity (Wildman–Crippen MR) is 75.2 cm³/mol. The minimum atomic E-state index is 0.651. The Hall–Kier alpha value is -1.06. The van der Waals surface area contributed by atoms with Gasteiger partial charge in [0.1, 0.15) is 12.4 Å². The van der Waals surface area contributed by atoms with Crippen molar-refractivity contribution in [3.8, 4) is 5.75 Å². The van der Waals surface area contributed by atoms with Gasteiger partial charge in [-0.3, -0.25) is 4.90 Å². The molecule has 0 spiro atoms. The van der Waals surface area contributed by atoms with Gasteiger partial charge < -0.3 is 10.1 Å². The molecule has 100 valence electrons. The van der Waals surface area contributed by atoms with Crippen LogP contribution in [0.1, 0.15) is 18.4 Å². The molecule has 0 radical (unpaired) electrons. The molecule has 1 atom stereocenters. The van der Waals surface area contributed by atoms with E-state index in [9.17, 15) is 0 Å². The molecule has 0 aliphatic carbocycles. The highest BCUT2D eigenvalue weighted by atomic mass is 16.5. The van der Waals surface area contributed by atoms with E-state index in [1.54, 1.807) is 0 Å². The van der Waals surface area contributed by atoms with Crippen molar-refractivity contribution in [1.29, 1.82) is 0 Å². The fourth-order valence-corrected chi connectivity index (χ4v) is 2.49. The number of benzene rings is 1. The summed E-state index contributed by atoms with van der Waals surface area (Å²) >= 11 is 0. The van der Waals surface area contributed by atoms with E-state index in [-0.39, 0.29) is 0 Å². The van der Waals surface area contributed by atoms with Crippen molar-refractivity contribution in [2.24, 2.45) is 0 Å². The molecule has 0 amide bonds. The van der Waals surface area contributed by atoms with Crippen LogP contribution in [0, 0.1) is 6.92 Å². The van der Waals surface area contributed by atoms with Crippen molar-refractivity contribution in [3.05, 3.63) is 29.8 Å². The molecule has 1 aliphatic rings. The zero-order valence-electron chi connectivity index (χ0n) is 11.5. The molecule has 0 saturated carbocycles. The molecule has 1 fully saturated rings. The molecule has 18 heavy (non-hydrogen) atoms. The van der Waals surface area contributed by atoms with Crippen LogP contribution in [-0.2, 0) is 0 Å². The van der Waals surface area contributed by atoms with E-state index in [4.69, 9.17) is 4.74 Å². The highest BCUT2D eigenvalue weighted by Crippen LogP contribution is 2.13. The fraction of sp³-hybridized carbons (Fsp3) is 0.600. The zero-order chi connectivity index (χ0) is 12.8. The highest BCUT2D eigenvalue weighted by molar-refractivity contribution is 5.27. The number of nitrogens with zero attached hydrogens (tertiary/aromatic N) is 1. The van der Waals surface area contributed by atoms with Gasteiger partial charge in [0, 0.05) is 19.1 Å². The molecule has 1 aromatic carbocycles. The van der Waals surface area contributed by atoms with Crippen LogP contribution in [0.25, 0.3) is 0 Å². The number of piperidine rings is 1. The van der Waals surface area contributed by atoms with Crippen LogP contribution in [0.5, 0.6) is 5.75 Å². The van der Waals surface area contributed by atoms with E-state index >= 15 is 0 Å². The van der Waals surface area contributed by atoms with Gasteiger partial charge in [-0.05, 0) is 51.1 Å². The fourth-order valence-electron chi connectivity index (χ4n) is 2.49. The van der Waals surface area contributed by atoms with E-state index in [0.29, 0.717) is 6.04 Å². The summed E-state index contributed by atoms with van der Waals surface area (Å²) in [4.78, 5) is 2.49. The number of hydrogen-bond acceptors (Lipinski definition) is 3. The van der Waals surface area contributed by atoms with Crippen LogP contribution in [0.4, 0.5) is 0 Å². The van der Waals surface area contributed by atoms with Gasteiger partial charge in [-0.2, -0.15) is 0 Å². The van der Waals surface area contributed by atoms with E-state index in [1.165, 1.54) is 24.9 Å². The van der Waals surface area contributed by atoms with Crippen LogP contribution in [0.2, 0.25) is 0 Å². The van der Waals surface area contributed by atoms with Crippen molar-refractivity contribution in [3.63, 3.8) is 0 Å². The third-order valence-corrected chi connectivity index (χ3v) is 3.58. The van der Waals surface area contributed by atoms with Gasteiger partial charge in [0.05, 0.1) is 0 Å². The number of aryl methyl sites for hydroxylation is 1. The van der Waals surface area contributed by atoms with Gasteiger partial charge in [0.2, 0.25) is 0 Å². The van der Waals surface area contributed by atoms with E-state index in [2.05, 4.69) is 36.3 Å². The lowest BCUT2D eigenvalue weighted by atomic mass is 10.1. The number of ether oxygens (including phenoxy) is 1.